The van der Waals surface area contributed by atoms with Crippen LogP contribution in [-0.2, 0) is 0 Å². The smallest absolute Gasteiger partial charge is 0.188 e. The summed E-state index contributed by atoms with van der Waals surface area (Å²) in [7, 11) is 0. The fourth-order valence-electron chi connectivity index (χ4n) is 0.589. The Morgan fingerprint density at radius 2 is 2.60 bits per heavy atom. The third kappa shape index (κ3) is 1.13. The van der Waals surface area contributed by atoms with Gasteiger partial charge in [0, 0.05) is 5.56 Å². The Morgan fingerprint density at radius 3 is 3.20 bits per heavy atom. The highest BCUT2D eigenvalue weighted by Gasteiger charge is 1.90. The molecule has 2 nitrogen and oxygen atoms in total. The second-order valence-electron chi connectivity index (χ2n) is 1.68. The predicted molar refractivity (Wildman–Crippen MR) is 37.4 cm³/mol. The number of hydrogen-bond donors (Lipinski definition) is 0. The number of benzene rings is 1. The molecule has 0 bridgehead atoms. The topological polar surface area (TPSA) is 28.1 Å². The van der Waals surface area contributed by atoms with E-state index in [0.29, 0.717) is 5.69 Å². The molecule has 46 valence electrons. The van der Waals surface area contributed by atoms with E-state index in [-0.39, 0.29) is 11.6 Å². The molecular formula is C8H4N2. The van der Waals surface area contributed by atoms with E-state index in [1.807, 2.05) is 6.07 Å². The molecule has 0 spiro atoms. The van der Waals surface area contributed by atoms with E-state index in [4.69, 9.17) is 13.2 Å². The highest BCUT2D eigenvalue weighted by atomic mass is 14.6. The molecule has 1 aromatic rings. The quantitative estimate of drug-likeness (QED) is 0.493. The molecule has 0 radical (unpaired) electrons. The van der Waals surface area contributed by atoms with Crippen molar-refractivity contribution in [2.75, 3.05) is 0 Å². The van der Waals surface area contributed by atoms with E-state index in [2.05, 4.69) is 4.85 Å². The summed E-state index contributed by atoms with van der Waals surface area (Å²) in [6.07, 6.45) is 0. The van der Waals surface area contributed by atoms with Crippen LogP contribution in [-0.4, -0.2) is 0 Å². The zero-order valence-corrected chi connectivity index (χ0v) is 5.13. The van der Waals surface area contributed by atoms with Gasteiger partial charge in [0.25, 0.3) is 0 Å². The summed E-state index contributed by atoms with van der Waals surface area (Å²) in [5.41, 5.74) is 0.649. The first-order valence-electron chi connectivity index (χ1n) is 3.16. The molecule has 0 atom stereocenters. The SMILES string of the molecule is [2H]c1ccc([N+]#[C-])cc1C#N. The summed E-state index contributed by atoms with van der Waals surface area (Å²) in [4.78, 5) is 3.14. The molecular weight excluding hydrogens is 124 g/mol. The second-order valence-corrected chi connectivity index (χ2v) is 1.68. The molecule has 0 aliphatic rings. The van der Waals surface area contributed by atoms with Gasteiger partial charge < -0.3 is 0 Å². The molecule has 1 aromatic carbocycles. The highest BCUT2D eigenvalue weighted by molar-refractivity contribution is 5.49. The second kappa shape index (κ2) is 2.66. The van der Waals surface area contributed by atoms with Gasteiger partial charge in [0.2, 0.25) is 0 Å². The number of rotatable bonds is 0. The molecule has 0 heterocycles. The Bertz CT molecular complexity index is 357. The lowest BCUT2D eigenvalue weighted by atomic mass is 10.2. The van der Waals surface area contributed by atoms with Crippen LogP contribution in [0.3, 0.4) is 0 Å². The van der Waals surface area contributed by atoms with Crippen LogP contribution in [0.5, 0.6) is 0 Å². The van der Waals surface area contributed by atoms with Gasteiger partial charge in [-0.25, -0.2) is 4.85 Å². The third-order valence-electron chi connectivity index (χ3n) is 1.03. The van der Waals surface area contributed by atoms with Crippen molar-refractivity contribution in [1.29, 1.82) is 5.26 Å². The van der Waals surface area contributed by atoms with E-state index in [1.165, 1.54) is 18.2 Å². The van der Waals surface area contributed by atoms with Gasteiger partial charge in [-0.05, 0) is 12.1 Å². The van der Waals surface area contributed by atoms with Crippen LogP contribution >= 0.6 is 0 Å². The third-order valence-corrected chi connectivity index (χ3v) is 1.03. The average Bonchev–Trinajstić information content (AvgIpc) is 2.05. The van der Waals surface area contributed by atoms with Gasteiger partial charge in [-0.2, -0.15) is 5.26 Å². The number of nitrogens with zero attached hydrogens (tertiary/aromatic N) is 2. The van der Waals surface area contributed by atoms with Crippen LogP contribution in [0.25, 0.3) is 4.85 Å². The van der Waals surface area contributed by atoms with Crippen molar-refractivity contribution in [2.45, 2.75) is 0 Å². The first-order valence-corrected chi connectivity index (χ1v) is 2.66. The molecule has 0 aliphatic heterocycles. The first-order chi connectivity index (χ1) is 5.27. The average molecular weight is 129 g/mol. The van der Waals surface area contributed by atoms with Crippen molar-refractivity contribution in [3.63, 3.8) is 0 Å². The fraction of sp³-hybridized carbons (Fsp3) is 0. The Kier molecular flexibility index (Phi) is 1.34. The lowest BCUT2D eigenvalue weighted by molar-refractivity contribution is 1.49. The van der Waals surface area contributed by atoms with Crippen molar-refractivity contribution in [1.82, 2.24) is 0 Å². The van der Waals surface area contributed by atoms with Gasteiger partial charge in [0.15, 0.2) is 5.69 Å². The molecule has 10 heavy (non-hydrogen) atoms. The summed E-state index contributed by atoms with van der Waals surface area (Å²) in [6.45, 7) is 6.64. The van der Waals surface area contributed by atoms with Crippen LogP contribution in [0.15, 0.2) is 24.2 Å². The van der Waals surface area contributed by atoms with Crippen molar-refractivity contribution < 1.29 is 1.37 Å². The molecule has 0 aliphatic carbocycles. The summed E-state index contributed by atoms with van der Waals surface area (Å²) in [6, 6.07) is 6.39. The molecule has 0 saturated heterocycles. The molecule has 2 heteroatoms. The van der Waals surface area contributed by atoms with Crippen LogP contribution in [0.2, 0.25) is 0 Å². The predicted octanol–water partition coefficient (Wildman–Crippen LogP) is 2.11. The van der Waals surface area contributed by atoms with Crippen LogP contribution in [0, 0.1) is 17.9 Å². The number of hydrogen-bond acceptors (Lipinski definition) is 1. The Balaban J connectivity index is 3.29. The number of nitriles is 1. The monoisotopic (exact) mass is 129 g/mol. The molecule has 0 amide bonds. The molecule has 0 aromatic heterocycles. The van der Waals surface area contributed by atoms with Crippen LogP contribution < -0.4 is 0 Å². The summed E-state index contributed by atoms with van der Waals surface area (Å²) in [5.74, 6) is 0. The summed E-state index contributed by atoms with van der Waals surface area (Å²) >= 11 is 0. The van der Waals surface area contributed by atoms with E-state index in [1.54, 1.807) is 0 Å². The molecule has 0 fully saturated rings. The molecule has 1 rings (SSSR count). The van der Waals surface area contributed by atoms with Crippen molar-refractivity contribution in [3.8, 4) is 6.07 Å². The maximum absolute atomic E-state index is 8.47. The zero-order valence-electron chi connectivity index (χ0n) is 6.13. The maximum Gasteiger partial charge on any atom is 0.188 e. The largest absolute Gasteiger partial charge is 0.238 e. The van der Waals surface area contributed by atoms with Gasteiger partial charge in [-0.1, -0.05) is 12.1 Å². The lowest BCUT2D eigenvalue weighted by Crippen LogP contribution is -1.68. The van der Waals surface area contributed by atoms with Gasteiger partial charge in [0.1, 0.15) is 0 Å². The van der Waals surface area contributed by atoms with Gasteiger partial charge >= 0.3 is 0 Å². The molecule has 0 unspecified atom stereocenters. The minimum absolute atomic E-state index is 0.167. The standard InChI is InChI=1S/C8H4N2/c1-10-8-4-2-3-7(5-8)6-9/h2-5H/i3D. The summed E-state index contributed by atoms with van der Waals surface area (Å²) < 4.78 is 7.22. The van der Waals surface area contributed by atoms with E-state index in [9.17, 15) is 0 Å². The zero-order chi connectivity index (χ0) is 8.27. The maximum atomic E-state index is 8.47. The van der Waals surface area contributed by atoms with Crippen molar-refractivity contribution in [2.24, 2.45) is 0 Å². The van der Waals surface area contributed by atoms with E-state index in [0.717, 1.165) is 0 Å². The Morgan fingerprint density at radius 1 is 1.80 bits per heavy atom. The summed E-state index contributed by atoms with van der Waals surface area (Å²) in [5, 5.41) is 8.47. The van der Waals surface area contributed by atoms with Gasteiger partial charge in [0.05, 0.1) is 14.0 Å². The van der Waals surface area contributed by atoms with E-state index < -0.39 is 0 Å². The van der Waals surface area contributed by atoms with Crippen LogP contribution in [0.1, 0.15) is 6.93 Å². The minimum atomic E-state index is 0.167. The van der Waals surface area contributed by atoms with E-state index >= 15 is 0 Å². The van der Waals surface area contributed by atoms with Gasteiger partial charge in [-0.3, -0.25) is 0 Å². The van der Waals surface area contributed by atoms with Crippen molar-refractivity contribution >= 4 is 5.69 Å². The molecule has 0 N–H and O–H groups in total. The lowest BCUT2D eigenvalue weighted by Gasteiger charge is -1.86. The Hall–Kier alpha value is -1.80. The molecule has 0 saturated carbocycles. The minimum Gasteiger partial charge on any atom is -0.238 e. The first kappa shape index (κ1) is 5.02. The fourth-order valence-corrected chi connectivity index (χ4v) is 0.589. The van der Waals surface area contributed by atoms with Gasteiger partial charge in [-0.15, -0.1) is 0 Å². The highest BCUT2D eigenvalue weighted by Crippen LogP contribution is 2.12. The normalized spacial score (nSPS) is 9.20. The van der Waals surface area contributed by atoms with Crippen LogP contribution in [0.4, 0.5) is 5.69 Å². The van der Waals surface area contributed by atoms with Crippen molar-refractivity contribution in [3.05, 3.63) is 41.2 Å². The Labute approximate surface area is 60.6 Å².